The van der Waals surface area contributed by atoms with Crippen LogP contribution in [0.2, 0.25) is 0 Å². The van der Waals surface area contributed by atoms with Crippen LogP contribution in [0.3, 0.4) is 0 Å². The van der Waals surface area contributed by atoms with Crippen LogP contribution in [0.4, 0.5) is 5.69 Å². The number of hydrogen-bond acceptors (Lipinski definition) is 4. The topological polar surface area (TPSA) is 96.2 Å². The standard InChI is InChI=1S/C11H16N4O3/c16-10(17)7-15-6-9(5-13-15)14-11(18)8-2-1-3-12-4-8/h5-6,8,12H,1-4,7H2,(H,14,18)(H,16,17)/t8-/m1/s1. The largest absolute Gasteiger partial charge is 0.480 e. The number of carbonyl (C=O) groups is 2. The van der Waals surface area contributed by atoms with E-state index in [-0.39, 0.29) is 18.4 Å². The molecule has 1 aliphatic heterocycles. The third-order valence-electron chi connectivity index (χ3n) is 2.87. The molecular weight excluding hydrogens is 236 g/mol. The molecule has 0 aliphatic carbocycles. The molecule has 98 valence electrons. The van der Waals surface area contributed by atoms with Gasteiger partial charge in [0.05, 0.1) is 17.8 Å². The van der Waals surface area contributed by atoms with Gasteiger partial charge in [0, 0.05) is 12.7 Å². The summed E-state index contributed by atoms with van der Waals surface area (Å²) in [5.74, 6) is -1.04. The molecule has 1 amide bonds. The maximum Gasteiger partial charge on any atom is 0.325 e. The fourth-order valence-electron chi connectivity index (χ4n) is 1.97. The monoisotopic (exact) mass is 252 g/mol. The molecule has 0 radical (unpaired) electrons. The molecular formula is C11H16N4O3. The number of piperidine rings is 1. The van der Waals surface area contributed by atoms with Gasteiger partial charge in [0.2, 0.25) is 5.91 Å². The lowest BCUT2D eigenvalue weighted by Crippen LogP contribution is -2.37. The van der Waals surface area contributed by atoms with Crippen molar-refractivity contribution >= 4 is 17.6 Å². The van der Waals surface area contributed by atoms with Gasteiger partial charge in [-0.15, -0.1) is 0 Å². The average molecular weight is 252 g/mol. The van der Waals surface area contributed by atoms with Crippen LogP contribution in [0.15, 0.2) is 12.4 Å². The number of aliphatic carboxylic acids is 1. The van der Waals surface area contributed by atoms with Crippen molar-refractivity contribution in [2.45, 2.75) is 19.4 Å². The molecule has 7 heteroatoms. The lowest BCUT2D eigenvalue weighted by atomic mass is 9.99. The second kappa shape index (κ2) is 5.63. The third-order valence-corrected chi connectivity index (χ3v) is 2.87. The molecule has 2 heterocycles. The summed E-state index contributed by atoms with van der Waals surface area (Å²) in [6.07, 6.45) is 4.85. The zero-order valence-electron chi connectivity index (χ0n) is 9.93. The number of carboxylic acid groups (broad SMARTS) is 1. The second-order valence-corrected chi connectivity index (χ2v) is 4.35. The summed E-state index contributed by atoms with van der Waals surface area (Å²) in [6.45, 7) is 1.44. The van der Waals surface area contributed by atoms with Crippen molar-refractivity contribution in [1.82, 2.24) is 15.1 Å². The summed E-state index contributed by atoms with van der Waals surface area (Å²) in [7, 11) is 0. The number of nitrogens with zero attached hydrogens (tertiary/aromatic N) is 2. The number of nitrogens with one attached hydrogen (secondary N) is 2. The molecule has 1 aromatic rings. The minimum absolute atomic E-state index is 0.0263. The van der Waals surface area contributed by atoms with E-state index < -0.39 is 5.97 Å². The molecule has 0 unspecified atom stereocenters. The Morgan fingerprint density at radius 3 is 3.11 bits per heavy atom. The summed E-state index contributed by atoms with van der Waals surface area (Å²) in [4.78, 5) is 22.4. The molecule has 1 fully saturated rings. The Morgan fingerprint density at radius 1 is 1.61 bits per heavy atom. The van der Waals surface area contributed by atoms with Crippen LogP contribution in [0.25, 0.3) is 0 Å². The van der Waals surface area contributed by atoms with Crippen molar-refractivity contribution in [3.05, 3.63) is 12.4 Å². The van der Waals surface area contributed by atoms with Gasteiger partial charge in [0.25, 0.3) is 0 Å². The summed E-state index contributed by atoms with van der Waals surface area (Å²) in [5, 5.41) is 18.4. The normalized spacial score (nSPS) is 19.4. The molecule has 0 aromatic carbocycles. The van der Waals surface area contributed by atoms with Crippen molar-refractivity contribution in [2.24, 2.45) is 5.92 Å². The molecule has 18 heavy (non-hydrogen) atoms. The molecule has 3 N–H and O–H groups in total. The highest BCUT2D eigenvalue weighted by molar-refractivity contribution is 5.92. The minimum atomic E-state index is -0.965. The van der Waals surface area contributed by atoms with Gasteiger partial charge < -0.3 is 15.7 Å². The SMILES string of the molecule is O=C(O)Cn1cc(NC(=O)[C@@H]2CCCNC2)cn1. The van der Waals surface area contributed by atoms with Crippen LogP contribution < -0.4 is 10.6 Å². The highest BCUT2D eigenvalue weighted by atomic mass is 16.4. The summed E-state index contributed by atoms with van der Waals surface area (Å²) in [6, 6.07) is 0. The van der Waals surface area contributed by atoms with Gasteiger partial charge >= 0.3 is 5.97 Å². The Hall–Kier alpha value is -1.89. The van der Waals surface area contributed by atoms with Gasteiger partial charge in [-0.25, -0.2) is 0 Å². The number of rotatable bonds is 4. The Morgan fingerprint density at radius 2 is 2.44 bits per heavy atom. The van der Waals surface area contributed by atoms with E-state index in [0.29, 0.717) is 12.2 Å². The zero-order chi connectivity index (χ0) is 13.0. The fraction of sp³-hybridized carbons (Fsp3) is 0.545. The predicted octanol–water partition coefficient (Wildman–Crippen LogP) is -0.0942. The van der Waals surface area contributed by atoms with E-state index in [1.54, 1.807) is 0 Å². The van der Waals surface area contributed by atoms with Crippen molar-refractivity contribution in [1.29, 1.82) is 0 Å². The lowest BCUT2D eigenvalue weighted by molar-refractivity contribution is -0.137. The van der Waals surface area contributed by atoms with Crippen LogP contribution in [-0.2, 0) is 16.1 Å². The first-order valence-electron chi connectivity index (χ1n) is 5.91. The average Bonchev–Trinajstić information content (AvgIpc) is 2.76. The van der Waals surface area contributed by atoms with Gasteiger partial charge in [-0.2, -0.15) is 5.10 Å². The van der Waals surface area contributed by atoms with E-state index in [4.69, 9.17) is 5.11 Å². The Kier molecular flexibility index (Phi) is 3.93. The first kappa shape index (κ1) is 12.6. The van der Waals surface area contributed by atoms with E-state index >= 15 is 0 Å². The van der Waals surface area contributed by atoms with Gasteiger partial charge in [-0.05, 0) is 19.4 Å². The van der Waals surface area contributed by atoms with Crippen LogP contribution in [0, 0.1) is 5.92 Å². The van der Waals surface area contributed by atoms with Crippen molar-refractivity contribution in [3.8, 4) is 0 Å². The first-order valence-corrected chi connectivity index (χ1v) is 5.91. The third kappa shape index (κ3) is 3.30. The molecule has 0 bridgehead atoms. The molecule has 0 spiro atoms. The number of aromatic nitrogens is 2. The van der Waals surface area contributed by atoms with E-state index in [1.165, 1.54) is 17.1 Å². The van der Waals surface area contributed by atoms with E-state index in [9.17, 15) is 9.59 Å². The Balaban J connectivity index is 1.90. The number of carbonyl (C=O) groups excluding carboxylic acids is 1. The molecule has 1 aromatic heterocycles. The minimum Gasteiger partial charge on any atom is -0.480 e. The number of carboxylic acids is 1. The van der Waals surface area contributed by atoms with Crippen LogP contribution in [-0.4, -0.2) is 39.9 Å². The maximum atomic E-state index is 11.9. The number of hydrogen-bond donors (Lipinski definition) is 3. The summed E-state index contributed by atoms with van der Waals surface area (Å²) >= 11 is 0. The maximum absolute atomic E-state index is 11.9. The van der Waals surface area contributed by atoms with Crippen molar-refractivity contribution in [3.63, 3.8) is 0 Å². The van der Waals surface area contributed by atoms with Crippen LogP contribution in [0.5, 0.6) is 0 Å². The molecule has 0 saturated carbocycles. The molecule has 7 nitrogen and oxygen atoms in total. The molecule has 1 aliphatic rings. The molecule has 1 atom stereocenters. The Labute approximate surface area is 104 Å². The highest BCUT2D eigenvalue weighted by Crippen LogP contribution is 2.13. The molecule has 2 rings (SSSR count). The summed E-state index contributed by atoms with van der Waals surface area (Å²) < 4.78 is 1.27. The van der Waals surface area contributed by atoms with Gasteiger partial charge in [-0.3, -0.25) is 14.3 Å². The quantitative estimate of drug-likeness (QED) is 0.695. The van der Waals surface area contributed by atoms with Crippen LogP contribution in [0.1, 0.15) is 12.8 Å². The van der Waals surface area contributed by atoms with Gasteiger partial charge in [0.15, 0.2) is 0 Å². The zero-order valence-corrected chi connectivity index (χ0v) is 9.93. The predicted molar refractivity (Wildman–Crippen MR) is 64.1 cm³/mol. The van der Waals surface area contributed by atoms with E-state index in [0.717, 1.165) is 19.4 Å². The fourth-order valence-corrected chi connectivity index (χ4v) is 1.97. The van der Waals surface area contributed by atoms with E-state index in [2.05, 4.69) is 15.7 Å². The van der Waals surface area contributed by atoms with Gasteiger partial charge in [0.1, 0.15) is 6.54 Å². The smallest absolute Gasteiger partial charge is 0.325 e. The summed E-state index contributed by atoms with van der Waals surface area (Å²) in [5.41, 5.74) is 0.534. The van der Waals surface area contributed by atoms with Crippen molar-refractivity contribution in [2.75, 3.05) is 18.4 Å². The molecule has 1 saturated heterocycles. The number of anilines is 1. The Bertz CT molecular complexity index is 437. The lowest BCUT2D eigenvalue weighted by Gasteiger charge is -2.21. The number of amides is 1. The highest BCUT2D eigenvalue weighted by Gasteiger charge is 2.21. The van der Waals surface area contributed by atoms with E-state index in [1.807, 2.05) is 0 Å². The van der Waals surface area contributed by atoms with Crippen LogP contribution >= 0.6 is 0 Å². The van der Waals surface area contributed by atoms with Crippen molar-refractivity contribution < 1.29 is 14.7 Å². The van der Waals surface area contributed by atoms with Gasteiger partial charge in [-0.1, -0.05) is 0 Å². The first-order chi connectivity index (χ1) is 8.65. The second-order valence-electron chi connectivity index (χ2n) is 4.35.